The molecular weight excluding hydrogens is 262 g/mol. The lowest BCUT2D eigenvalue weighted by molar-refractivity contribution is 0.259. The minimum Gasteiger partial charge on any atom is -0.351 e. The Morgan fingerprint density at radius 1 is 1.10 bits per heavy atom. The quantitative estimate of drug-likeness (QED) is 0.566. The van der Waals surface area contributed by atoms with Crippen LogP contribution in [0.25, 0.3) is 0 Å². The van der Waals surface area contributed by atoms with E-state index < -0.39 is 6.03 Å². The Labute approximate surface area is 128 Å². The molecule has 0 fully saturated rings. The van der Waals surface area contributed by atoms with E-state index in [0.29, 0.717) is 6.04 Å². The van der Waals surface area contributed by atoms with Crippen molar-refractivity contribution in [1.82, 2.24) is 5.32 Å². The molecule has 118 valence electrons. The Hall–Kier alpha value is -1.55. The average Bonchev–Trinajstić information content (AvgIpc) is 2.46. The second-order valence-corrected chi connectivity index (χ2v) is 5.55. The number of rotatable bonds is 10. The molecule has 0 heterocycles. The Morgan fingerprint density at radius 3 is 2.33 bits per heavy atom. The molecule has 0 aliphatic carbocycles. The molecule has 0 spiro atoms. The van der Waals surface area contributed by atoms with Crippen molar-refractivity contribution in [3.63, 3.8) is 0 Å². The van der Waals surface area contributed by atoms with Gasteiger partial charge in [-0.1, -0.05) is 51.2 Å². The molecule has 0 aliphatic heterocycles. The van der Waals surface area contributed by atoms with Crippen LogP contribution in [0.2, 0.25) is 0 Å². The van der Waals surface area contributed by atoms with Crippen LogP contribution in [0.4, 0.5) is 10.5 Å². The predicted molar refractivity (Wildman–Crippen MR) is 89.4 cm³/mol. The fraction of sp³-hybridized carbons (Fsp3) is 0.588. The van der Waals surface area contributed by atoms with Gasteiger partial charge in [0.05, 0.1) is 0 Å². The third kappa shape index (κ3) is 7.71. The van der Waals surface area contributed by atoms with Crippen LogP contribution in [-0.4, -0.2) is 12.6 Å². The van der Waals surface area contributed by atoms with Gasteiger partial charge in [0.1, 0.15) is 0 Å². The van der Waals surface area contributed by atoms with Crippen LogP contribution in [0.5, 0.6) is 0 Å². The van der Waals surface area contributed by atoms with Gasteiger partial charge in [-0.2, -0.15) is 0 Å². The molecule has 1 rings (SSSR count). The first-order chi connectivity index (χ1) is 10.1. The molecule has 4 nitrogen and oxygen atoms in total. The van der Waals surface area contributed by atoms with E-state index in [1.54, 1.807) is 0 Å². The van der Waals surface area contributed by atoms with Gasteiger partial charge in [-0.05, 0) is 37.6 Å². The second-order valence-electron chi connectivity index (χ2n) is 5.55. The van der Waals surface area contributed by atoms with Crippen molar-refractivity contribution >= 4 is 11.7 Å². The van der Waals surface area contributed by atoms with E-state index in [4.69, 9.17) is 5.73 Å². The monoisotopic (exact) mass is 291 g/mol. The molecule has 4 N–H and O–H groups in total. The second kappa shape index (κ2) is 10.2. The molecule has 1 atom stereocenters. The summed E-state index contributed by atoms with van der Waals surface area (Å²) in [6.45, 7) is 5.45. The highest BCUT2D eigenvalue weighted by molar-refractivity contribution is 5.87. The largest absolute Gasteiger partial charge is 0.351 e. The van der Waals surface area contributed by atoms with Crippen LogP contribution in [0.1, 0.15) is 64.0 Å². The van der Waals surface area contributed by atoms with Crippen molar-refractivity contribution < 1.29 is 4.79 Å². The van der Waals surface area contributed by atoms with Crippen molar-refractivity contribution in [3.8, 4) is 0 Å². The molecule has 0 saturated heterocycles. The number of unbranched alkanes of at least 4 members (excludes halogenated alkanes) is 5. The highest BCUT2D eigenvalue weighted by Crippen LogP contribution is 2.16. The third-order valence-corrected chi connectivity index (χ3v) is 3.66. The lowest BCUT2D eigenvalue weighted by atomic mass is 10.1. The lowest BCUT2D eigenvalue weighted by Crippen LogP contribution is -2.20. The molecule has 0 saturated carbocycles. The highest BCUT2D eigenvalue weighted by atomic mass is 16.2. The zero-order valence-electron chi connectivity index (χ0n) is 13.3. The first-order valence-corrected chi connectivity index (χ1v) is 8.03. The summed E-state index contributed by atoms with van der Waals surface area (Å²) in [5.41, 5.74) is 7.03. The van der Waals surface area contributed by atoms with E-state index in [2.05, 4.69) is 24.5 Å². The van der Waals surface area contributed by atoms with Crippen LogP contribution in [0.15, 0.2) is 24.3 Å². The molecule has 0 aliphatic rings. The Bertz CT molecular complexity index is 403. The molecule has 4 heteroatoms. The molecular formula is C17H29N3O. The van der Waals surface area contributed by atoms with Crippen molar-refractivity contribution in [3.05, 3.63) is 29.8 Å². The van der Waals surface area contributed by atoms with E-state index in [1.165, 1.54) is 44.1 Å². The summed E-state index contributed by atoms with van der Waals surface area (Å²) in [5, 5.41) is 6.10. The molecule has 21 heavy (non-hydrogen) atoms. The maximum Gasteiger partial charge on any atom is 0.316 e. The summed E-state index contributed by atoms with van der Waals surface area (Å²) in [7, 11) is 0. The number of hydrogen-bond donors (Lipinski definition) is 3. The van der Waals surface area contributed by atoms with Crippen molar-refractivity contribution in [2.45, 2.75) is 58.4 Å². The first-order valence-electron chi connectivity index (χ1n) is 8.03. The molecule has 2 amide bonds. The zero-order valence-corrected chi connectivity index (χ0v) is 13.3. The minimum absolute atomic E-state index is 0.322. The zero-order chi connectivity index (χ0) is 15.5. The van der Waals surface area contributed by atoms with Crippen LogP contribution < -0.4 is 16.4 Å². The van der Waals surface area contributed by atoms with Gasteiger partial charge in [0.2, 0.25) is 0 Å². The van der Waals surface area contributed by atoms with Crippen LogP contribution in [0, 0.1) is 0 Å². The van der Waals surface area contributed by atoms with Crippen LogP contribution in [0.3, 0.4) is 0 Å². The van der Waals surface area contributed by atoms with Crippen molar-refractivity contribution in [2.75, 3.05) is 11.9 Å². The van der Waals surface area contributed by atoms with E-state index in [0.717, 1.165) is 12.2 Å². The SMILES string of the molecule is CCCCCCCCNC(C)c1ccc(NC(N)=O)cc1. The summed E-state index contributed by atoms with van der Waals surface area (Å²) >= 11 is 0. The molecule has 1 unspecified atom stereocenters. The highest BCUT2D eigenvalue weighted by Gasteiger charge is 2.04. The van der Waals surface area contributed by atoms with Gasteiger partial charge in [-0.25, -0.2) is 4.79 Å². The van der Waals surface area contributed by atoms with Crippen molar-refractivity contribution in [2.24, 2.45) is 5.73 Å². The van der Waals surface area contributed by atoms with Crippen LogP contribution >= 0.6 is 0 Å². The number of urea groups is 1. The summed E-state index contributed by atoms with van der Waals surface area (Å²) in [6, 6.07) is 7.58. The molecule has 0 radical (unpaired) electrons. The minimum atomic E-state index is -0.531. The van der Waals surface area contributed by atoms with Gasteiger partial charge >= 0.3 is 6.03 Å². The van der Waals surface area contributed by atoms with Gasteiger partial charge in [-0.15, -0.1) is 0 Å². The number of benzene rings is 1. The smallest absolute Gasteiger partial charge is 0.316 e. The van der Waals surface area contributed by atoms with Gasteiger partial charge < -0.3 is 16.4 Å². The fourth-order valence-corrected chi connectivity index (χ4v) is 2.34. The van der Waals surface area contributed by atoms with E-state index in [1.807, 2.05) is 24.3 Å². The van der Waals surface area contributed by atoms with E-state index in [-0.39, 0.29) is 0 Å². The third-order valence-electron chi connectivity index (χ3n) is 3.66. The summed E-state index contributed by atoms with van der Waals surface area (Å²) in [5.74, 6) is 0. The van der Waals surface area contributed by atoms with Crippen molar-refractivity contribution in [1.29, 1.82) is 0 Å². The van der Waals surface area contributed by atoms with Gasteiger partial charge in [0, 0.05) is 11.7 Å². The summed E-state index contributed by atoms with van der Waals surface area (Å²) in [4.78, 5) is 10.8. The first kappa shape index (κ1) is 17.5. The number of carbonyl (C=O) groups is 1. The number of primary amides is 1. The Kier molecular flexibility index (Phi) is 8.51. The van der Waals surface area contributed by atoms with E-state index >= 15 is 0 Å². The summed E-state index contributed by atoms with van der Waals surface area (Å²) in [6.07, 6.45) is 7.90. The topological polar surface area (TPSA) is 67.2 Å². The lowest BCUT2D eigenvalue weighted by Gasteiger charge is -2.14. The van der Waals surface area contributed by atoms with Gasteiger partial charge in [-0.3, -0.25) is 0 Å². The maximum atomic E-state index is 10.8. The Balaban J connectivity index is 2.22. The number of nitrogens with two attached hydrogens (primary N) is 1. The molecule has 1 aromatic rings. The number of anilines is 1. The average molecular weight is 291 g/mol. The fourth-order valence-electron chi connectivity index (χ4n) is 2.34. The van der Waals surface area contributed by atoms with Gasteiger partial charge in [0.25, 0.3) is 0 Å². The van der Waals surface area contributed by atoms with E-state index in [9.17, 15) is 4.79 Å². The predicted octanol–water partition coefficient (Wildman–Crippen LogP) is 4.19. The van der Waals surface area contributed by atoms with Gasteiger partial charge in [0.15, 0.2) is 0 Å². The number of amides is 2. The number of hydrogen-bond acceptors (Lipinski definition) is 2. The normalized spacial score (nSPS) is 12.1. The van der Waals surface area contributed by atoms with Crippen LogP contribution in [-0.2, 0) is 0 Å². The molecule has 1 aromatic carbocycles. The number of carbonyl (C=O) groups excluding carboxylic acids is 1. The molecule has 0 aromatic heterocycles. The summed E-state index contributed by atoms with van der Waals surface area (Å²) < 4.78 is 0. The Morgan fingerprint density at radius 2 is 1.71 bits per heavy atom. The maximum absolute atomic E-state index is 10.8. The standard InChI is InChI=1S/C17H29N3O/c1-3-4-5-6-7-8-13-19-14(2)15-9-11-16(12-10-15)20-17(18)21/h9-12,14,19H,3-8,13H2,1-2H3,(H3,18,20,21). The number of nitrogens with one attached hydrogen (secondary N) is 2. The molecule has 0 bridgehead atoms.